The molecule has 2 heterocycles. The molecule has 4 rings (SSSR count). The van der Waals surface area contributed by atoms with Crippen LogP contribution in [0.1, 0.15) is 24.0 Å². The van der Waals surface area contributed by atoms with E-state index in [0.717, 1.165) is 31.6 Å². The Labute approximate surface area is 184 Å². The Balaban J connectivity index is 0.000000179. The minimum absolute atomic E-state index is 0.0178. The smallest absolute Gasteiger partial charge is 0.310 e. The normalized spacial score (nSPS) is 21.0. The lowest BCUT2D eigenvalue weighted by Crippen LogP contribution is -2.26. The molecule has 0 aliphatic carbocycles. The van der Waals surface area contributed by atoms with Gasteiger partial charge in [-0.15, -0.1) is 0 Å². The number of aliphatic hydroxyl groups is 1. The van der Waals surface area contributed by atoms with Crippen molar-refractivity contribution in [3.05, 3.63) is 71.8 Å². The maximum atomic E-state index is 11.7. The molecule has 0 spiro atoms. The van der Waals surface area contributed by atoms with E-state index in [0.29, 0.717) is 25.6 Å². The van der Waals surface area contributed by atoms with Gasteiger partial charge >= 0.3 is 5.97 Å². The van der Waals surface area contributed by atoms with Crippen molar-refractivity contribution in [2.75, 3.05) is 33.4 Å². The number of likely N-dealkylation sites (tertiary alicyclic amines) is 2. The lowest BCUT2D eigenvalue weighted by atomic mass is 10.1. The molecule has 6 heteroatoms. The Morgan fingerprint density at radius 1 is 1.00 bits per heavy atom. The fraction of sp³-hybridized carbons (Fsp3) is 0.440. The summed E-state index contributed by atoms with van der Waals surface area (Å²) < 4.78 is 4.66. The van der Waals surface area contributed by atoms with Crippen molar-refractivity contribution < 1.29 is 19.4 Å². The lowest BCUT2D eigenvalue weighted by Gasteiger charge is -2.16. The summed E-state index contributed by atoms with van der Waals surface area (Å²) in [5.41, 5.74) is 2.44. The Kier molecular flexibility index (Phi) is 8.62. The third-order valence-electron chi connectivity index (χ3n) is 5.84. The summed E-state index contributed by atoms with van der Waals surface area (Å²) in [5, 5.41) is 9.02. The van der Waals surface area contributed by atoms with Crippen molar-refractivity contribution >= 4 is 11.9 Å². The Bertz CT molecular complexity index is 828. The van der Waals surface area contributed by atoms with E-state index >= 15 is 0 Å². The van der Waals surface area contributed by atoms with Gasteiger partial charge in [0.05, 0.1) is 13.0 Å². The molecule has 0 aromatic heterocycles. The topological polar surface area (TPSA) is 70.1 Å². The molecule has 1 N–H and O–H groups in total. The predicted molar refractivity (Wildman–Crippen MR) is 119 cm³/mol. The molecule has 2 aliphatic rings. The number of benzene rings is 2. The molecule has 2 atom stereocenters. The second-order valence-electron chi connectivity index (χ2n) is 8.24. The van der Waals surface area contributed by atoms with Crippen molar-refractivity contribution in [1.82, 2.24) is 9.80 Å². The van der Waals surface area contributed by atoms with Gasteiger partial charge in [0.15, 0.2) is 0 Å². The van der Waals surface area contributed by atoms with E-state index < -0.39 is 0 Å². The molecular weight excluding hydrogens is 392 g/mol. The highest BCUT2D eigenvalue weighted by atomic mass is 16.5. The minimum Gasteiger partial charge on any atom is -0.469 e. The van der Waals surface area contributed by atoms with Crippen LogP contribution in [-0.4, -0.2) is 60.1 Å². The molecule has 31 heavy (non-hydrogen) atoms. The highest BCUT2D eigenvalue weighted by Gasteiger charge is 2.34. The number of methoxy groups -OCH3 is 1. The number of carbonyl (C=O) groups is 2. The first-order valence-corrected chi connectivity index (χ1v) is 10.9. The summed E-state index contributed by atoms with van der Waals surface area (Å²) in [6.07, 6.45) is 1.41. The van der Waals surface area contributed by atoms with Gasteiger partial charge in [0.1, 0.15) is 0 Å². The highest BCUT2D eigenvalue weighted by Crippen LogP contribution is 2.21. The third kappa shape index (κ3) is 6.91. The van der Waals surface area contributed by atoms with Gasteiger partial charge in [-0.1, -0.05) is 60.7 Å². The van der Waals surface area contributed by atoms with Crippen LogP contribution < -0.4 is 0 Å². The lowest BCUT2D eigenvalue weighted by molar-refractivity contribution is -0.145. The molecule has 2 aromatic rings. The van der Waals surface area contributed by atoms with Crippen molar-refractivity contribution in [3.63, 3.8) is 0 Å². The molecule has 0 bridgehead atoms. The molecule has 2 aromatic carbocycles. The summed E-state index contributed by atoms with van der Waals surface area (Å²) >= 11 is 0. The number of nitrogens with zero attached hydrogens (tertiary/aromatic N) is 2. The fourth-order valence-corrected chi connectivity index (χ4v) is 4.10. The zero-order valence-electron chi connectivity index (χ0n) is 18.2. The van der Waals surface area contributed by atoms with Crippen molar-refractivity contribution in [1.29, 1.82) is 0 Å². The highest BCUT2D eigenvalue weighted by molar-refractivity contribution is 5.86. The summed E-state index contributed by atoms with van der Waals surface area (Å²) in [6.45, 7) is 4.56. The van der Waals surface area contributed by atoms with Crippen LogP contribution >= 0.6 is 0 Å². The minimum atomic E-state index is -0.309. The van der Waals surface area contributed by atoms with Gasteiger partial charge in [0.2, 0.25) is 5.91 Å². The molecule has 166 valence electrons. The summed E-state index contributed by atoms with van der Waals surface area (Å²) in [5.74, 6) is -0.0897. The van der Waals surface area contributed by atoms with E-state index in [2.05, 4.69) is 33.9 Å². The molecule has 2 aliphatic heterocycles. The number of esters is 1. The maximum Gasteiger partial charge on any atom is 0.310 e. The van der Waals surface area contributed by atoms with Gasteiger partial charge < -0.3 is 14.7 Å². The fourth-order valence-electron chi connectivity index (χ4n) is 4.10. The van der Waals surface area contributed by atoms with Gasteiger partial charge in [0, 0.05) is 39.2 Å². The largest absolute Gasteiger partial charge is 0.469 e. The first kappa shape index (κ1) is 23.0. The van der Waals surface area contributed by atoms with Crippen LogP contribution in [0.5, 0.6) is 0 Å². The van der Waals surface area contributed by atoms with Gasteiger partial charge in [-0.2, -0.15) is 0 Å². The number of carbonyl (C=O) groups excluding carboxylic acids is 2. The number of hydrogen-bond donors (Lipinski definition) is 1. The van der Waals surface area contributed by atoms with Crippen LogP contribution in [0.25, 0.3) is 0 Å². The zero-order chi connectivity index (χ0) is 22.1. The molecular formula is C25H32N2O4. The average molecular weight is 425 g/mol. The average Bonchev–Trinajstić information content (AvgIpc) is 3.41. The molecule has 2 unspecified atom stereocenters. The SMILES string of the molecule is COC(=O)C1CC(=O)N(Cc2ccccc2)C1.OCC1CCN(Cc2ccccc2)C1. The number of ether oxygens (including phenoxy) is 1. The number of rotatable bonds is 6. The van der Waals surface area contributed by atoms with Crippen molar-refractivity contribution in [2.45, 2.75) is 25.9 Å². The maximum absolute atomic E-state index is 11.7. The standard InChI is InChI=1S/C13H15NO3.C12H17NO/c1-17-13(16)11-7-12(15)14(9-11)8-10-5-3-2-4-6-10;14-10-12-6-7-13(9-12)8-11-4-2-1-3-5-11/h2-6,11H,7-9H2,1H3;1-5,12,14H,6-10H2. The quantitative estimate of drug-likeness (QED) is 0.722. The molecule has 2 fully saturated rings. The number of aliphatic hydroxyl groups excluding tert-OH is 1. The van der Waals surface area contributed by atoms with Crippen LogP contribution in [0.4, 0.5) is 0 Å². The molecule has 1 amide bonds. The van der Waals surface area contributed by atoms with E-state index in [1.165, 1.54) is 12.7 Å². The van der Waals surface area contributed by atoms with Gasteiger partial charge in [-0.3, -0.25) is 14.5 Å². The zero-order valence-corrected chi connectivity index (χ0v) is 18.2. The first-order chi connectivity index (χ1) is 15.1. The van der Waals surface area contributed by atoms with Gasteiger partial charge in [0.25, 0.3) is 0 Å². The van der Waals surface area contributed by atoms with Gasteiger partial charge in [-0.05, 0) is 30.0 Å². The second-order valence-corrected chi connectivity index (χ2v) is 8.24. The third-order valence-corrected chi connectivity index (χ3v) is 5.84. The van der Waals surface area contributed by atoms with Crippen LogP contribution in [0.15, 0.2) is 60.7 Å². The first-order valence-electron chi connectivity index (χ1n) is 10.9. The molecule has 2 saturated heterocycles. The van der Waals surface area contributed by atoms with Crippen molar-refractivity contribution in [3.8, 4) is 0 Å². The van der Waals surface area contributed by atoms with Crippen LogP contribution in [0.2, 0.25) is 0 Å². The van der Waals surface area contributed by atoms with E-state index in [9.17, 15) is 9.59 Å². The number of amides is 1. The second kappa shape index (κ2) is 11.6. The Morgan fingerprint density at radius 3 is 2.16 bits per heavy atom. The molecule has 0 saturated carbocycles. The van der Waals surface area contributed by atoms with E-state index in [4.69, 9.17) is 5.11 Å². The Hall–Kier alpha value is -2.70. The van der Waals surface area contributed by atoms with Crippen LogP contribution in [0.3, 0.4) is 0 Å². The van der Waals surface area contributed by atoms with Gasteiger partial charge in [-0.25, -0.2) is 0 Å². The van der Waals surface area contributed by atoms with Crippen molar-refractivity contribution in [2.24, 2.45) is 11.8 Å². The predicted octanol–water partition coefficient (Wildman–Crippen LogP) is 2.71. The van der Waals surface area contributed by atoms with Crippen LogP contribution in [0, 0.1) is 11.8 Å². The molecule has 0 radical (unpaired) electrons. The Morgan fingerprint density at radius 2 is 1.61 bits per heavy atom. The molecule has 6 nitrogen and oxygen atoms in total. The summed E-state index contributed by atoms with van der Waals surface area (Å²) in [7, 11) is 1.35. The van der Waals surface area contributed by atoms with E-state index in [-0.39, 0.29) is 24.2 Å². The monoisotopic (exact) mass is 424 g/mol. The van der Waals surface area contributed by atoms with E-state index in [1.807, 2.05) is 36.4 Å². The number of hydrogen-bond acceptors (Lipinski definition) is 5. The van der Waals surface area contributed by atoms with Crippen LogP contribution in [-0.2, 0) is 27.4 Å². The summed E-state index contributed by atoms with van der Waals surface area (Å²) in [6, 6.07) is 20.3. The van der Waals surface area contributed by atoms with E-state index in [1.54, 1.807) is 4.90 Å². The summed E-state index contributed by atoms with van der Waals surface area (Å²) in [4.78, 5) is 27.2.